The molecule has 0 atom stereocenters. The van der Waals surface area contributed by atoms with Crippen molar-refractivity contribution in [3.05, 3.63) is 15.0 Å². The fraction of sp³-hybridized carbons (Fsp3) is 0.429. The molecule has 0 saturated carbocycles. The van der Waals surface area contributed by atoms with Gasteiger partial charge >= 0.3 is 5.97 Å². The molecule has 0 spiro atoms. The van der Waals surface area contributed by atoms with Gasteiger partial charge in [-0.05, 0) is 18.6 Å². The molecule has 3 nitrogen and oxygen atoms in total. The molecule has 0 fully saturated rings. The van der Waals surface area contributed by atoms with E-state index < -0.39 is 0 Å². The van der Waals surface area contributed by atoms with E-state index in [0.717, 1.165) is 9.65 Å². The Hall–Kier alpha value is -0.680. The molecule has 1 aromatic heterocycles. The number of aromatic nitrogens is 1. The quantitative estimate of drug-likeness (QED) is 0.602. The van der Waals surface area contributed by atoms with Crippen molar-refractivity contribution in [2.45, 2.75) is 12.8 Å². The number of methoxy groups -OCH3 is 1. The Kier molecular flexibility index (Phi) is 3.43. The molecular weight excluding hydrogens is 194 g/mol. The third-order valence-electron chi connectivity index (χ3n) is 1.40. The van der Waals surface area contributed by atoms with Crippen LogP contribution in [0.25, 0.3) is 0 Å². The molecule has 0 aliphatic rings. The second-order valence-electron chi connectivity index (χ2n) is 2.25. The Balaban J connectivity index is 2.43. The highest BCUT2D eigenvalue weighted by molar-refractivity contribution is 7.73. The smallest absolute Gasteiger partial charge is 0.305 e. The molecule has 0 bridgehead atoms. The summed E-state index contributed by atoms with van der Waals surface area (Å²) in [7, 11) is 1.39. The molecule has 1 rings (SSSR count). The first-order valence-corrected chi connectivity index (χ1v) is 4.74. The average Bonchev–Trinajstić information content (AvgIpc) is 2.47. The van der Waals surface area contributed by atoms with Gasteiger partial charge in [-0.3, -0.25) is 4.79 Å². The number of nitrogens with one attached hydrogen (secondary N) is 1. The van der Waals surface area contributed by atoms with E-state index in [-0.39, 0.29) is 5.97 Å². The average molecular weight is 203 g/mol. The van der Waals surface area contributed by atoms with Gasteiger partial charge in [-0.25, -0.2) is 0 Å². The molecule has 0 unspecified atom stereocenters. The van der Waals surface area contributed by atoms with Crippen molar-refractivity contribution in [1.29, 1.82) is 0 Å². The van der Waals surface area contributed by atoms with Gasteiger partial charge < -0.3 is 9.72 Å². The number of aryl methyl sites for hydroxylation is 1. The van der Waals surface area contributed by atoms with Crippen LogP contribution in [0.4, 0.5) is 0 Å². The second kappa shape index (κ2) is 4.37. The van der Waals surface area contributed by atoms with Gasteiger partial charge in [0.25, 0.3) is 0 Å². The molecule has 0 aliphatic carbocycles. The summed E-state index contributed by atoms with van der Waals surface area (Å²) in [5, 5.41) is 1.92. The van der Waals surface area contributed by atoms with Crippen molar-refractivity contribution in [2.24, 2.45) is 0 Å². The molecule has 12 heavy (non-hydrogen) atoms. The standard InChI is InChI=1S/C7H9NO2S2/c1-10-6(9)3-2-5-4-12-7(11)8-5/h4H,2-3H2,1H3,(H,8,11). The van der Waals surface area contributed by atoms with E-state index in [1.807, 2.05) is 5.38 Å². The highest BCUT2D eigenvalue weighted by Gasteiger charge is 2.01. The lowest BCUT2D eigenvalue weighted by molar-refractivity contribution is -0.140. The number of ether oxygens (including phenoxy) is 1. The molecule has 1 aromatic rings. The van der Waals surface area contributed by atoms with Crippen molar-refractivity contribution < 1.29 is 9.53 Å². The first-order chi connectivity index (χ1) is 5.72. The number of carbonyl (C=O) groups is 1. The van der Waals surface area contributed by atoms with E-state index in [1.54, 1.807) is 0 Å². The number of esters is 1. The number of thiazole rings is 1. The third kappa shape index (κ3) is 2.75. The number of hydrogen-bond donors (Lipinski definition) is 1. The highest BCUT2D eigenvalue weighted by Crippen LogP contribution is 2.06. The predicted octanol–water partition coefficient (Wildman–Crippen LogP) is 1.91. The van der Waals surface area contributed by atoms with E-state index in [4.69, 9.17) is 12.2 Å². The fourth-order valence-corrected chi connectivity index (χ4v) is 1.67. The normalized spacial score (nSPS) is 9.75. The van der Waals surface area contributed by atoms with E-state index in [1.165, 1.54) is 18.4 Å². The van der Waals surface area contributed by atoms with Gasteiger partial charge in [-0.2, -0.15) is 0 Å². The first kappa shape index (κ1) is 9.41. The van der Waals surface area contributed by atoms with E-state index in [2.05, 4.69) is 9.72 Å². The lowest BCUT2D eigenvalue weighted by atomic mass is 10.2. The number of H-pyrrole nitrogens is 1. The maximum absolute atomic E-state index is 10.7. The van der Waals surface area contributed by atoms with Crippen molar-refractivity contribution in [3.8, 4) is 0 Å². The molecule has 1 N–H and O–H groups in total. The van der Waals surface area contributed by atoms with Crippen LogP contribution in [0.2, 0.25) is 0 Å². The largest absolute Gasteiger partial charge is 0.469 e. The Morgan fingerprint density at radius 1 is 1.83 bits per heavy atom. The van der Waals surface area contributed by atoms with Crippen LogP contribution in [0, 0.1) is 3.95 Å². The Bertz CT molecular complexity index is 315. The van der Waals surface area contributed by atoms with Crippen LogP contribution in [0.3, 0.4) is 0 Å². The summed E-state index contributed by atoms with van der Waals surface area (Å²) < 4.78 is 5.25. The SMILES string of the molecule is COC(=O)CCc1csc(=S)[nH]1. The van der Waals surface area contributed by atoms with Gasteiger partial charge in [0, 0.05) is 11.1 Å². The van der Waals surface area contributed by atoms with Crippen molar-refractivity contribution in [3.63, 3.8) is 0 Å². The predicted molar refractivity (Wildman–Crippen MR) is 49.8 cm³/mol. The number of rotatable bonds is 3. The lowest BCUT2D eigenvalue weighted by Crippen LogP contribution is -2.01. The van der Waals surface area contributed by atoms with Crippen LogP contribution in [0.15, 0.2) is 5.38 Å². The summed E-state index contributed by atoms with van der Waals surface area (Å²) in [4.78, 5) is 13.7. The van der Waals surface area contributed by atoms with E-state index >= 15 is 0 Å². The van der Waals surface area contributed by atoms with Crippen LogP contribution in [0.5, 0.6) is 0 Å². The molecule has 0 aromatic carbocycles. The molecule has 5 heteroatoms. The van der Waals surface area contributed by atoms with Gasteiger partial charge in [0.15, 0.2) is 3.95 Å². The van der Waals surface area contributed by atoms with Crippen LogP contribution >= 0.6 is 23.6 Å². The summed E-state index contributed by atoms with van der Waals surface area (Å²) in [6.07, 6.45) is 1.07. The summed E-state index contributed by atoms with van der Waals surface area (Å²) >= 11 is 6.36. The number of carbonyl (C=O) groups excluding carboxylic acids is 1. The van der Waals surface area contributed by atoms with Crippen LogP contribution in [0.1, 0.15) is 12.1 Å². The third-order valence-corrected chi connectivity index (χ3v) is 2.51. The van der Waals surface area contributed by atoms with Gasteiger partial charge in [0.2, 0.25) is 0 Å². The Morgan fingerprint density at radius 3 is 3.08 bits per heavy atom. The molecule has 0 amide bonds. The zero-order valence-corrected chi connectivity index (χ0v) is 8.26. The molecule has 0 saturated heterocycles. The minimum atomic E-state index is -0.194. The molecule has 0 radical (unpaired) electrons. The maximum atomic E-state index is 10.7. The zero-order chi connectivity index (χ0) is 8.97. The van der Waals surface area contributed by atoms with Crippen molar-refractivity contribution in [2.75, 3.05) is 7.11 Å². The van der Waals surface area contributed by atoms with Gasteiger partial charge in [-0.1, -0.05) is 0 Å². The zero-order valence-electron chi connectivity index (χ0n) is 6.62. The number of hydrogen-bond acceptors (Lipinski definition) is 4. The second-order valence-corrected chi connectivity index (χ2v) is 3.80. The van der Waals surface area contributed by atoms with E-state index in [0.29, 0.717) is 12.8 Å². The molecule has 66 valence electrons. The van der Waals surface area contributed by atoms with E-state index in [9.17, 15) is 4.79 Å². The highest BCUT2D eigenvalue weighted by atomic mass is 32.1. The van der Waals surface area contributed by atoms with Crippen molar-refractivity contribution in [1.82, 2.24) is 4.98 Å². The molecular formula is C7H9NO2S2. The molecule has 0 aliphatic heterocycles. The van der Waals surface area contributed by atoms with Crippen LogP contribution < -0.4 is 0 Å². The minimum absolute atomic E-state index is 0.194. The van der Waals surface area contributed by atoms with Crippen molar-refractivity contribution >= 4 is 29.5 Å². The minimum Gasteiger partial charge on any atom is -0.469 e. The lowest BCUT2D eigenvalue weighted by Gasteiger charge is -1.95. The maximum Gasteiger partial charge on any atom is 0.305 e. The summed E-state index contributed by atoms with van der Waals surface area (Å²) in [6.45, 7) is 0. The van der Waals surface area contributed by atoms with Gasteiger partial charge in [0.05, 0.1) is 13.5 Å². The molecule has 1 heterocycles. The number of aromatic amines is 1. The Labute approximate surface area is 79.4 Å². The monoisotopic (exact) mass is 203 g/mol. The summed E-state index contributed by atoms with van der Waals surface area (Å²) in [5.41, 5.74) is 0.996. The summed E-state index contributed by atoms with van der Waals surface area (Å²) in [6, 6.07) is 0. The fourth-order valence-electron chi connectivity index (χ4n) is 0.775. The van der Waals surface area contributed by atoms with Crippen LogP contribution in [-0.2, 0) is 16.0 Å². The van der Waals surface area contributed by atoms with Crippen LogP contribution in [-0.4, -0.2) is 18.1 Å². The summed E-state index contributed by atoms with van der Waals surface area (Å²) in [5.74, 6) is -0.194. The topological polar surface area (TPSA) is 42.1 Å². The first-order valence-electron chi connectivity index (χ1n) is 3.46. The Morgan fingerprint density at radius 2 is 2.58 bits per heavy atom. The van der Waals surface area contributed by atoms with Gasteiger partial charge in [0.1, 0.15) is 0 Å². The van der Waals surface area contributed by atoms with Gasteiger partial charge in [-0.15, -0.1) is 11.3 Å².